The van der Waals surface area contributed by atoms with Gasteiger partial charge >= 0.3 is 0 Å². The van der Waals surface area contributed by atoms with Gasteiger partial charge in [-0.05, 0) is 19.3 Å². The van der Waals surface area contributed by atoms with Gasteiger partial charge in [0.05, 0.1) is 6.61 Å². The molecule has 3 unspecified atom stereocenters. The third-order valence-corrected chi connectivity index (χ3v) is 2.91. The van der Waals surface area contributed by atoms with Crippen LogP contribution in [0.2, 0.25) is 0 Å². The van der Waals surface area contributed by atoms with Crippen LogP contribution in [0.3, 0.4) is 0 Å². The van der Waals surface area contributed by atoms with Crippen molar-refractivity contribution in [1.82, 2.24) is 0 Å². The smallest absolute Gasteiger partial charge is 0.168 e. The molecule has 1 saturated heterocycles. The molecule has 72 valence electrons. The second-order valence-electron chi connectivity index (χ2n) is 3.94. The molecule has 0 aromatic rings. The first-order valence-corrected chi connectivity index (χ1v) is 4.88. The normalized spacial score (nSPS) is 42.0. The van der Waals surface area contributed by atoms with E-state index in [1.807, 2.05) is 0 Å². The lowest BCUT2D eigenvalue weighted by molar-refractivity contribution is -0.216. The average molecular weight is 172 g/mol. The molecule has 2 heteroatoms. The molecule has 0 amide bonds. The van der Waals surface area contributed by atoms with Gasteiger partial charge in [-0.2, -0.15) is 0 Å². The molecule has 0 aliphatic carbocycles. The average Bonchev–Trinajstić information content (AvgIpc) is 2.31. The molecule has 0 aromatic carbocycles. The Labute approximate surface area is 75.2 Å². The van der Waals surface area contributed by atoms with Gasteiger partial charge in [0.25, 0.3) is 0 Å². The molecule has 1 heterocycles. The lowest BCUT2D eigenvalue weighted by Gasteiger charge is -2.29. The largest absolute Gasteiger partial charge is 0.350 e. The van der Waals surface area contributed by atoms with Crippen molar-refractivity contribution in [3.63, 3.8) is 0 Å². The van der Waals surface area contributed by atoms with Crippen molar-refractivity contribution < 1.29 is 9.47 Å². The maximum absolute atomic E-state index is 5.70. The van der Waals surface area contributed by atoms with Gasteiger partial charge in [-0.3, -0.25) is 0 Å². The zero-order valence-electron chi connectivity index (χ0n) is 8.59. The highest BCUT2D eigenvalue weighted by atomic mass is 16.7. The van der Waals surface area contributed by atoms with Crippen LogP contribution >= 0.6 is 0 Å². The van der Waals surface area contributed by atoms with Gasteiger partial charge in [-0.25, -0.2) is 0 Å². The quantitative estimate of drug-likeness (QED) is 0.651. The fourth-order valence-corrected chi connectivity index (χ4v) is 1.57. The van der Waals surface area contributed by atoms with Gasteiger partial charge < -0.3 is 9.47 Å². The SMILES string of the molecule is CCCOC1(C)OCC(C)C1C. The fraction of sp³-hybridized carbons (Fsp3) is 1.00. The van der Waals surface area contributed by atoms with Crippen LogP contribution in [0.25, 0.3) is 0 Å². The molecule has 1 rings (SSSR count). The molecule has 0 aromatic heterocycles. The van der Waals surface area contributed by atoms with Gasteiger partial charge in [0.15, 0.2) is 5.79 Å². The first-order chi connectivity index (χ1) is 5.60. The summed E-state index contributed by atoms with van der Waals surface area (Å²) in [6.45, 7) is 10.2. The number of hydrogen-bond acceptors (Lipinski definition) is 2. The Kier molecular flexibility index (Phi) is 3.13. The molecule has 1 aliphatic rings. The highest BCUT2D eigenvalue weighted by Crippen LogP contribution is 2.36. The van der Waals surface area contributed by atoms with E-state index < -0.39 is 0 Å². The summed E-state index contributed by atoms with van der Waals surface area (Å²) in [4.78, 5) is 0. The second-order valence-corrected chi connectivity index (χ2v) is 3.94. The fourth-order valence-electron chi connectivity index (χ4n) is 1.57. The molecular formula is C10H20O2. The summed E-state index contributed by atoms with van der Waals surface area (Å²) in [5.41, 5.74) is 0. The van der Waals surface area contributed by atoms with Crippen molar-refractivity contribution >= 4 is 0 Å². The maximum Gasteiger partial charge on any atom is 0.168 e. The van der Waals surface area contributed by atoms with Crippen LogP contribution in [-0.4, -0.2) is 19.0 Å². The molecule has 1 fully saturated rings. The maximum atomic E-state index is 5.70. The number of hydrogen-bond donors (Lipinski definition) is 0. The van der Waals surface area contributed by atoms with Crippen LogP contribution in [0, 0.1) is 11.8 Å². The minimum Gasteiger partial charge on any atom is -0.350 e. The molecule has 0 radical (unpaired) electrons. The van der Waals surface area contributed by atoms with Crippen molar-refractivity contribution in [2.45, 2.75) is 39.9 Å². The van der Waals surface area contributed by atoms with Gasteiger partial charge in [0.1, 0.15) is 0 Å². The first kappa shape index (κ1) is 10.0. The Morgan fingerprint density at radius 3 is 2.58 bits per heavy atom. The molecule has 0 N–H and O–H groups in total. The van der Waals surface area contributed by atoms with E-state index in [2.05, 4.69) is 27.7 Å². The van der Waals surface area contributed by atoms with Gasteiger partial charge in [-0.15, -0.1) is 0 Å². The lowest BCUT2D eigenvalue weighted by atomic mass is 9.93. The van der Waals surface area contributed by atoms with Crippen molar-refractivity contribution in [1.29, 1.82) is 0 Å². The zero-order chi connectivity index (χ0) is 9.19. The van der Waals surface area contributed by atoms with Crippen LogP contribution in [0.5, 0.6) is 0 Å². The summed E-state index contributed by atoms with van der Waals surface area (Å²) in [6.07, 6.45) is 1.06. The van der Waals surface area contributed by atoms with Crippen LogP contribution < -0.4 is 0 Å². The Morgan fingerprint density at radius 1 is 1.50 bits per heavy atom. The Morgan fingerprint density at radius 2 is 2.17 bits per heavy atom. The van der Waals surface area contributed by atoms with E-state index in [0.29, 0.717) is 11.8 Å². The van der Waals surface area contributed by atoms with E-state index >= 15 is 0 Å². The summed E-state index contributed by atoms with van der Waals surface area (Å²) in [5.74, 6) is 0.797. The highest BCUT2D eigenvalue weighted by Gasteiger charge is 2.42. The Balaban J connectivity index is 2.47. The van der Waals surface area contributed by atoms with E-state index in [4.69, 9.17) is 9.47 Å². The Hall–Kier alpha value is -0.0800. The number of rotatable bonds is 3. The van der Waals surface area contributed by atoms with Crippen molar-refractivity contribution in [3.05, 3.63) is 0 Å². The van der Waals surface area contributed by atoms with E-state index in [1.165, 1.54) is 0 Å². The molecule has 0 spiro atoms. The van der Waals surface area contributed by atoms with Crippen molar-refractivity contribution in [2.24, 2.45) is 11.8 Å². The molecule has 1 aliphatic heterocycles. The summed E-state index contributed by atoms with van der Waals surface area (Å²) >= 11 is 0. The molecule has 12 heavy (non-hydrogen) atoms. The second kappa shape index (κ2) is 3.75. The first-order valence-electron chi connectivity index (χ1n) is 4.88. The summed E-state index contributed by atoms with van der Waals surface area (Å²) in [7, 11) is 0. The van der Waals surface area contributed by atoms with E-state index in [-0.39, 0.29) is 5.79 Å². The van der Waals surface area contributed by atoms with E-state index in [1.54, 1.807) is 0 Å². The van der Waals surface area contributed by atoms with Crippen LogP contribution in [-0.2, 0) is 9.47 Å². The van der Waals surface area contributed by atoms with Crippen molar-refractivity contribution in [2.75, 3.05) is 13.2 Å². The van der Waals surface area contributed by atoms with Gasteiger partial charge in [0.2, 0.25) is 0 Å². The van der Waals surface area contributed by atoms with Crippen LogP contribution in [0.4, 0.5) is 0 Å². The zero-order valence-corrected chi connectivity index (χ0v) is 8.59. The third kappa shape index (κ3) is 1.80. The van der Waals surface area contributed by atoms with Crippen molar-refractivity contribution in [3.8, 4) is 0 Å². The van der Waals surface area contributed by atoms with E-state index in [9.17, 15) is 0 Å². The predicted molar refractivity (Wildman–Crippen MR) is 48.9 cm³/mol. The van der Waals surface area contributed by atoms with Crippen LogP contribution in [0.15, 0.2) is 0 Å². The highest BCUT2D eigenvalue weighted by molar-refractivity contribution is 4.82. The van der Waals surface area contributed by atoms with Crippen LogP contribution in [0.1, 0.15) is 34.1 Å². The van der Waals surface area contributed by atoms with Gasteiger partial charge in [-0.1, -0.05) is 20.8 Å². The summed E-state index contributed by atoms with van der Waals surface area (Å²) < 4.78 is 11.3. The Bertz CT molecular complexity index is 147. The lowest BCUT2D eigenvalue weighted by Crippen LogP contribution is -2.35. The topological polar surface area (TPSA) is 18.5 Å². The summed E-state index contributed by atoms with van der Waals surface area (Å²) in [6, 6.07) is 0. The van der Waals surface area contributed by atoms with E-state index in [0.717, 1.165) is 19.6 Å². The molecule has 0 saturated carbocycles. The monoisotopic (exact) mass is 172 g/mol. The molecule has 3 atom stereocenters. The molecular weight excluding hydrogens is 152 g/mol. The standard InChI is InChI=1S/C10H20O2/c1-5-6-11-10(4)9(3)8(2)7-12-10/h8-9H,5-7H2,1-4H3. The minimum absolute atomic E-state index is 0.324. The number of ether oxygens (including phenoxy) is 2. The van der Waals surface area contributed by atoms with Gasteiger partial charge in [0, 0.05) is 12.5 Å². The molecule has 0 bridgehead atoms. The third-order valence-electron chi connectivity index (χ3n) is 2.91. The minimum atomic E-state index is -0.324. The summed E-state index contributed by atoms with van der Waals surface area (Å²) in [5, 5.41) is 0. The predicted octanol–water partition coefficient (Wildman–Crippen LogP) is 2.43. The molecule has 2 nitrogen and oxygen atoms in total.